The molecule has 0 amide bonds. The van der Waals surface area contributed by atoms with Crippen molar-refractivity contribution >= 4 is 5.96 Å². The molecule has 2 rings (SSSR count). The molecule has 0 fully saturated rings. The van der Waals surface area contributed by atoms with Crippen LogP contribution in [0.5, 0.6) is 0 Å². The highest BCUT2D eigenvalue weighted by Gasteiger charge is 2.08. The van der Waals surface area contributed by atoms with Crippen molar-refractivity contribution in [1.82, 2.24) is 14.8 Å². The Hall–Kier alpha value is -2.17. The van der Waals surface area contributed by atoms with Gasteiger partial charge in [0.1, 0.15) is 0 Å². The molecule has 19 heavy (non-hydrogen) atoms. The topological polar surface area (TPSA) is 45.7 Å². The summed E-state index contributed by atoms with van der Waals surface area (Å²) in [7, 11) is 5.86. The van der Waals surface area contributed by atoms with Crippen LogP contribution in [0.4, 0.5) is 0 Å². The number of nitrogens with zero attached hydrogens (tertiary/aromatic N) is 3. The van der Waals surface area contributed by atoms with Crippen LogP contribution in [0.15, 0.2) is 46.3 Å². The van der Waals surface area contributed by atoms with E-state index in [1.54, 1.807) is 19.6 Å². The number of aryl methyl sites for hydroxylation is 1. The minimum absolute atomic E-state index is 0.709. The van der Waals surface area contributed by atoms with Gasteiger partial charge in [-0.15, -0.1) is 0 Å². The summed E-state index contributed by atoms with van der Waals surface area (Å²) in [6.45, 7) is 1.52. The van der Waals surface area contributed by atoms with Gasteiger partial charge in [-0.05, 0) is 18.2 Å². The molecule has 0 saturated carbocycles. The Morgan fingerprint density at radius 3 is 2.89 bits per heavy atom. The first kappa shape index (κ1) is 13.3. The van der Waals surface area contributed by atoms with Gasteiger partial charge in [0.15, 0.2) is 5.96 Å². The Bertz CT molecular complexity index is 527. The zero-order valence-corrected chi connectivity index (χ0v) is 11.6. The number of aromatic nitrogens is 1. The molecule has 1 N–H and O–H groups in total. The molecule has 0 unspecified atom stereocenters. The SMILES string of the molecule is CN=C(NCc1ccoc1)N(C)Cc1cccn1C. The van der Waals surface area contributed by atoms with Crippen LogP contribution in [0, 0.1) is 0 Å². The van der Waals surface area contributed by atoms with Crippen LogP contribution in [-0.4, -0.2) is 29.5 Å². The van der Waals surface area contributed by atoms with Crippen molar-refractivity contribution in [3.8, 4) is 0 Å². The van der Waals surface area contributed by atoms with Crippen LogP contribution in [-0.2, 0) is 20.1 Å². The van der Waals surface area contributed by atoms with Crippen LogP contribution in [0.25, 0.3) is 0 Å². The van der Waals surface area contributed by atoms with E-state index in [-0.39, 0.29) is 0 Å². The fraction of sp³-hybridized carbons (Fsp3) is 0.357. The van der Waals surface area contributed by atoms with Crippen LogP contribution in [0.1, 0.15) is 11.3 Å². The van der Waals surface area contributed by atoms with Crippen LogP contribution in [0.2, 0.25) is 0 Å². The van der Waals surface area contributed by atoms with Gasteiger partial charge < -0.3 is 19.2 Å². The van der Waals surface area contributed by atoms with Gasteiger partial charge in [0.25, 0.3) is 0 Å². The number of aliphatic imine (C=N–C) groups is 1. The van der Waals surface area contributed by atoms with Gasteiger partial charge in [-0.2, -0.15) is 0 Å². The van der Waals surface area contributed by atoms with E-state index in [4.69, 9.17) is 4.42 Å². The largest absolute Gasteiger partial charge is 0.472 e. The highest BCUT2D eigenvalue weighted by Crippen LogP contribution is 2.04. The maximum absolute atomic E-state index is 5.05. The number of nitrogens with one attached hydrogen (secondary N) is 1. The zero-order chi connectivity index (χ0) is 13.7. The molecule has 2 heterocycles. The number of furan rings is 1. The molecule has 0 radical (unpaired) electrons. The monoisotopic (exact) mass is 260 g/mol. The predicted molar refractivity (Wildman–Crippen MR) is 75.8 cm³/mol. The third-order valence-electron chi connectivity index (χ3n) is 3.05. The number of rotatable bonds is 4. The first-order valence-corrected chi connectivity index (χ1v) is 6.23. The standard InChI is InChI=1S/C14H20N4O/c1-15-14(16-9-12-6-8-19-11-12)18(3)10-13-5-4-7-17(13)2/h4-8,11H,9-10H2,1-3H3,(H,15,16). The molecule has 2 aromatic heterocycles. The molecule has 5 heteroatoms. The minimum Gasteiger partial charge on any atom is -0.472 e. The lowest BCUT2D eigenvalue weighted by Crippen LogP contribution is -2.38. The first-order valence-electron chi connectivity index (χ1n) is 6.23. The van der Waals surface area contributed by atoms with Crippen molar-refractivity contribution in [3.05, 3.63) is 48.2 Å². The average molecular weight is 260 g/mol. The second-order valence-corrected chi connectivity index (χ2v) is 4.50. The second-order valence-electron chi connectivity index (χ2n) is 4.50. The molecule has 2 aromatic rings. The highest BCUT2D eigenvalue weighted by molar-refractivity contribution is 5.79. The summed E-state index contributed by atoms with van der Waals surface area (Å²) in [6, 6.07) is 6.10. The normalized spacial score (nSPS) is 11.6. The van der Waals surface area contributed by atoms with Gasteiger partial charge >= 0.3 is 0 Å². The summed E-state index contributed by atoms with van der Waals surface area (Å²) >= 11 is 0. The summed E-state index contributed by atoms with van der Waals surface area (Å²) in [5, 5.41) is 3.31. The van der Waals surface area contributed by atoms with Crippen LogP contribution < -0.4 is 5.32 Å². The molecule has 0 atom stereocenters. The van der Waals surface area contributed by atoms with Gasteiger partial charge in [-0.1, -0.05) is 0 Å². The Labute approximate surface area is 113 Å². The highest BCUT2D eigenvalue weighted by atomic mass is 16.3. The molecule has 0 saturated heterocycles. The lowest BCUT2D eigenvalue weighted by molar-refractivity contribution is 0.461. The molecule has 0 aliphatic carbocycles. The van der Waals surface area contributed by atoms with E-state index in [0.29, 0.717) is 6.54 Å². The van der Waals surface area contributed by atoms with Gasteiger partial charge in [0.2, 0.25) is 0 Å². The van der Waals surface area contributed by atoms with Gasteiger partial charge in [-0.25, -0.2) is 0 Å². The predicted octanol–water partition coefficient (Wildman–Crippen LogP) is 1.83. The number of guanidine groups is 1. The number of hydrogen-bond acceptors (Lipinski definition) is 2. The van der Waals surface area contributed by atoms with Crippen molar-refractivity contribution < 1.29 is 4.42 Å². The lowest BCUT2D eigenvalue weighted by Gasteiger charge is -2.22. The summed E-state index contributed by atoms with van der Waals surface area (Å²) < 4.78 is 7.16. The zero-order valence-electron chi connectivity index (χ0n) is 11.6. The first-order chi connectivity index (χ1) is 9.20. The van der Waals surface area contributed by atoms with Gasteiger partial charge in [0.05, 0.1) is 19.1 Å². The Morgan fingerprint density at radius 1 is 1.47 bits per heavy atom. The molecule has 102 valence electrons. The molecular formula is C14H20N4O. The second kappa shape index (κ2) is 6.13. The van der Waals surface area contributed by atoms with Crippen molar-refractivity contribution in [2.75, 3.05) is 14.1 Å². The van der Waals surface area contributed by atoms with E-state index in [9.17, 15) is 0 Å². The molecule has 5 nitrogen and oxygen atoms in total. The molecule has 0 aliphatic heterocycles. The fourth-order valence-corrected chi connectivity index (χ4v) is 1.94. The summed E-state index contributed by atoms with van der Waals surface area (Å²) in [5.41, 5.74) is 2.35. The van der Waals surface area contributed by atoms with E-state index >= 15 is 0 Å². The van der Waals surface area contributed by atoms with E-state index in [1.165, 1.54) is 5.69 Å². The maximum Gasteiger partial charge on any atom is 0.194 e. The molecule has 0 spiro atoms. The quantitative estimate of drug-likeness (QED) is 0.674. The lowest BCUT2D eigenvalue weighted by atomic mass is 10.3. The van der Waals surface area contributed by atoms with Gasteiger partial charge in [-0.3, -0.25) is 4.99 Å². The van der Waals surface area contributed by atoms with Crippen molar-refractivity contribution in [2.24, 2.45) is 12.0 Å². The van der Waals surface area contributed by atoms with Gasteiger partial charge in [0, 0.05) is 45.1 Å². The van der Waals surface area contributed by atoms with Crippen LogP contribution >= 0.6 is 0 Å². The van der Waals surface area contributed by atoms with E-state index < -0.39 is 0 Å². The van der Waals surface area contributed by atoms with E-state index in [2.05, 4.69) is 25.8 Å². The van der Waals surface area contributed by atoms with Crippen molar-refractivity contribution in [1.29, 1.82) is 0 Å². The average Bonchev–Trinajstić information content (AvgIpc) is 3.03. The smallest absolute Gasteiger partial charge is 0.194 e. The Morgan fingerprint density at radius 2 is 2.32 bits per heavy atom. The van der Waals surface area contributed by atoms with E-state index in [0.717, 1.165) is 18.1 Å². The fourth-order valence-electron chi connectivity index (χ4n) is 1.94. The summed E-state index contributed by atoms with van der Waals surface area (Å²) in [4.78, 5) is 6.38. The van der Waals surface area contributed by atoms with Crippen molar-refractivity contribution in [3.63, 3.8) is 0 Å². The summed E-state index contributed by atoms with van der Waals surface area (Å²) in [5.74, 6) is 0.863. The third kappa shape index (κ3) is 3.40. The molecular weight excluding hydrogens is 240 g/mol. The molecule has 0 bridgehead atoms. The third-order valence-corrected chi connectivity index (χ3v) is 3.05. The molecule has 0 aliphatic rings. The maximum atomic E-state index is 5.05. The Balaban J connectivity index is 1.92. The molecule has 0 aromatic carbocycles. The van der Waals surface area contributed by atoms with Crippen molar-refractivity contribution in [2.45, 2.75) is 13.1 Å². The van der Waals surface area contributed by atoms with E-state index in [1.807, 2.05) is 32.4 Å². The number of hydrogen-bond donors (Lipinski definition) is 1. The minimum atomic E-state index is 0.709. The Kier molecular flexibility index (Phi) is 4.28. The van der Waals surface area contributed by atoms with Crippen LogP contribution in [0.3, 0.4) is 0 Å². The summed E-state index contributed by atoms with van der Waals surface area (Å²) in [6.07, 6.45) is 5.45.